The molecule has 1 saturated heterocycles. The van der Waals surface area contributed by atoms with Crippen LogP contribution in [-0.2, 0) is 16.1 Å². The maximum Gasteiger partial charge on any atom is 0.234 e. The number of rotatable bonds is 11. The summed E-state index contributed by atoms with van der Waals surface area (Å²) in [5.41, 5.74) is 2.43. The minimum absolute atomic E-state index is 0.0648. The molecule has 1 fully saturated rings. The summed E-state index contributed by atoms with van der Waals surface area (Å²) in [4.78, 5) is 39.6. The number of aldehydes is 1. The maximum atomic E-state index is 14.5. The third kappa shape index (κ3) is 7.36. The fraction of sp³-hybridized carbons (Fsp3) is 0.393. The molecule has 2 aromatic heterocycles. The zero-order valence-corrected chi connectivity index (χ0v) is 23.1. The fourth-order valence-electron chi connectivity index (χ4n) is 4.50. The molecule has 1 aliphatic heterocycles. The van der Waals surface area contributed by atoms with Crippen LogP contribution in [-0.4, -0.2) is 76.6 Å². The van der Waals surface area contributed by atoms with Gasteiger partial charge in [-0.25, -0.2) is 14.4 Å². The quantitative estimate of drug-likeness (QED) is 0.297. The predicted molar refractivity (Wildman–Crippen MR) is 149 cm³/mol. The first kappa shape index (κ1) is 29.5. The molecule has 0 bridgehead atoms. The first-order valence-electron chi connectivity index (χ1n) is 12.9. The molecule has 3 aromatic rings. The number of hydrogen-bond acceptors (Lipinski definition) is 9. The van der Waals surface area contributed by atoms with E-state index in [1.807, 2.05) is 0 Å². The average molecular weight is 571 g/mol. The second kappa shape index (κ2) is 13.7. The Balaban J connectivity index is 1.42. The number of aromatic nitrogens is 3. The highest BCUT2D eigenvalue weighted by atomic mass is 35.5. The molecule has 1 aliphatic rings. The van der Waals surface area contributed by atoms with Gasteiger partial charge in [0.05, 0.1) is 41.8 Å². The molecule has 1 unspecified atom stereocenters. The highest BCUT2D eigenvalue weighted by molar-refractivity contribution is 6.32. The van der Waals surface area contributed by atoms with Gasteiger partial charge in [-0.3, -0.25) is 19.5 Å². The third-order valence-corrected chi connectivity index (χ3v) is 6.93. The van der Waals surface area contributed by atoms with Crippen LogP contribution in [0.3, 0.4) is 0 Å². The summed E-state index contributed by atoms with van der Waals surface area (Å²) >= 11 is 6.38. The van der Waals surface area contributed by atoms with Crippen molar-refractivity contribution in [2.75, 3.05) is 38.7 Å². The number of aliphatic hydroxyl groups is 1. The lowest BCUT2D eigenvalue weighted by Gasteiger charge is -2.23. The van der Waals surface area contributed by atoms with Crippen LogP contribution < -0.4 is 10.6 Å². The Hall–Kier alpha value is -3.51. The van der Waals surface area contributed by atoms with E-state index in [9.17, 15) is 19.1 Å². The van der Waals surface area contributed by atoms with E-state index >= 15 is 0 Å². The van der Waals surface area contributed by atoms with E-state index in [0.29, 0.717) is 58.5 Å². The van der Waals surface area contributed by atoms with Crippen LogP contribution in [0, 0.1) is 12.7 Å². The van der Waals surface area contributed by atoms with Gasteiger partial charge in [-0.05, 0) is 38.4 Å². The molecule has 10 nitrogen and oxygen atoms in total. The highest BCUT2D eigenvalue weighted by Gasteiger charge is 2.21. The molecule has 4 rings (SSSR count). The normalized spacial score (nSPS) is 14.7. The van der Waals surface area contributed by atoms with Gasteiger partial charge in [-0.1, -0.05) is 29.8 Å². The molecule has 0 spiro atoms. The number of nitrogens with zero attached hydrogens (tertiary/aromatic N) is 4. The third-order valence-electron chi connectivity index (χ3n) is 6.65. The zero-order chi connectivity index (χ0) is 28.6. The van der Waals surface area contributed by atoms with Gasteiger partial charge < -0.3 is 20.5 Å². The Labute approximate surface area is 237 Å². The van der Waals surface area contributed by atoms with Crippen molar-refractivity contribution in [3.63, 3.8) is 0 Å². The minimum Gasteiger partial charge on any atom is -0.394 e. The molecule has 0 saturated carbocycles. The van der Waals surface area contributed by atoms with E-state index in [-0.39, 0.29) is 24.7 Å². The Morgan fingerprint density at radius 1 is 1.30 bits per heavy atom. The standard InChI is InChI=1S/C28H32ClFN6O4/c1-17-4-3-5-21(26(17)30)24(16-38)34-25(39)14-36(2)13-23-19(15-37)10-18(11-31-23)27-22(29)12-32-28(35-27)33-20-6-8-40-9-7-20/h3-5,10-12,15,20,24,38H,6-9,13-14,16H2,1-2H3,(H,34,39)(H,32,33,35). The summed E-state index contributed by atoms with van der Waals surface area (Å²) in [6.07, 6.45) is 5.47. The van der Waals surface area contributed by atoms with Crippen molar-refractivity contribution in [3.05, 3.63) is 69.9 Å². The van der Waals surface area contributed by atoms with Crippen molar-refractivity contribution >= 4 is 29.7 Å². The number of aryl methyl sites for hydroxylation is 1. The van der Waals surface area contributed by atoms with Gasteiger partial charge in [-0.2, -0.15) is 0 Å². The topological polar surface area (TPSA) is 130 Å². The van der Waals surface area contributed by atoms with Crippen molar-refractivity contribution in [1.82, 2.24) is 25.2 Å². The van der Waals surface area contributed by atoms with Crippen LogP contribution >= 0.6 is 11.6 Å². The fourth-order valence-corrected chi connectivity index (χ4v) is 4.70. The summed E-state index contributed by atoms with van der Waals surface area (Å²) in [7, 11) is 1.69. The second-order valence-corrected chi connectivity index (χ2v) is 10.2. The number of nitrogens with one attached hydrogen (secondary N) is 2. The van der Waals surface area contributed by atoms with E-state index in [4.69, 9.17) is 16.3 Å². The largest absolute Gasteiger partial charge is 0.394 e. The summed E-state index contributed by atoms with van der Waals surface area (Å²) in [5.74, 6) is -0.449. The van der Waals surface area contributed by atoms with Crippen LogP contribution in [0.5, 0.6) is 0 Å². The molecule has 1 atom stereocenters. The van der Waals surface area contributed by atoms with Gasteiger partial charge in [0.2, 0.25) is 11.9 Å². The van der Waals surface area contributed by atoms with Crippen molar-refractivity contribution in [2.24, 2.45) is 0 Å². The van der Waals surface area contributed by atoms with Gasteiger partial charge in [0.15, 0.2) is 6.29 Å². The molecule has 3 N–H and O–H groups in total. The first-order chi connectivity index (χ1) is 19.3. The average Bonchev–Trinajstić information content (AvgIpc) is 2.95. The predicted octanol–water partition coefficient (Wildman–Crippen LogP) is 3.32. The van der Waals surface area contributed by atoms with Gasteiger partial charge in [0, 0.05) is 48.7 Å². The van der Waals surface area contributed by atoms with E-state index in [1.165, 1.54) is 12.3 Å². The number of aliphatic hydroxyl groups excluding tert-OH is 1. The lowest BCUT2D eigenvalue weighted by molar-refractivity contribution is -0.123. The Bertz CT molecular complexity index is 1350. The van der Waals surface area contributed by atoms with Gasteiger partial charge in [0.25, 0.3) is 0 Å². The summed E-state index contributed by atoms with van der Waals surface area (Å²) in [6.45, 7) is 2.65. The van der Waals surface area contributed by atoms with E-state index < -0.39 is 24.4 Å². The number of amides is 1. The summed E-state index contributed by atoms with van der Waals surface area (Å²) in [6, 6.07) is 5.79. The summed E-state index contributed by atoms with van der Waals surface area (Å²) in [5, 5.41) is 16.0. The SMILES string of the molecule is Cc1cccc(C(CO)NC(=O)CN(C)Cc2ncc(-c3nc(NC4CCOCC4)ncc3Cl)cc2C=O)c1F. The Morgan fingerprint density at radius 3 is 2.80 bits per heavy atom. The van der Waals surface area contributed by atoms with Gasteiger partial charge in [0.1, 0.15) is 5.82 Å². The second-order valence-electron chi connectivity index (χ2n) is 9.75. The van der Waals surface area contributed by atoms with Crippen LogP contribution in [0.25, 0.3) is 11.3 Å². The van der Waals surface area contributed by atoms with Crippen LogP contribution in [0.2, 0.25) is 5.02 Å². The van der Waals surface area contributed by atoms with Crippen LogP contribution in [0.4, 0.5) is 10.3 Å². The van der Waals surface area contributed by atoms with Gasteiger partial charge >= 0.3 is 0 Å². The number of carbonyl (C=O) groups excluding carboxylic acids is 2. The molecule has 1 aromatic carbocycles. The molecule has 3 heterocycles. The van der Waals surface area contributed by atoms with Crippen molar-refractivity contribution < 1.29 is 23.8 Å². The van der Waals surface area contributed by atoms with Crippen LogP contribution in [0.15, 0.2) is 36.7 Å². The molecule has 0 radical (unpaired) electrons. The smallest absolute Gasteiger partial charge is 0.234 e. The number of pyridine rings is 1. The molecule has 0 aliphatic carbocycles. The van der Waals surface area contributed by atoms with Crippen LogP contribution in [0.1, 0.15) is 46.1 Å². The molecule has 12 heteroatoms. The van der Waals surface area contributed by atoms with Gasteiger partial charge in [-0.15, -0.1) is 0 Å². The van der Waals surface area contributed by atoms with Crippen molar-refractivity contribution in [3.8, 4) is 11.3 Å². The molecular formula is C28H32ClFN6O4. The van der Waals surface area contributed by atoms with E-state index in [2.05, 4.69) is 25.6 Å². The molecular weight excluding hydrogens is 539 g/mol. The monoisotopic (exact) mass is 570 g/mol. The van der Waals surface area contributed by atoms with E-state index in [1.54, 1.807) is 43.3 Å². The van der Waals surface area contributed by atoms with Crippen molar-refractivity contribution in [2.45, 2.75) is 38.4 Å². The number of ether oxygens (including phenoxy) is 1. The zero-order valence-electron chi connectivity index (χ0n) is 22.4. The number of hydrogen-bond donors (Lipinski definition) is 3. The summed E-state index contributed by atoms with van der Waals surface area (Å²) < 4.78 is 19.9. The number of likely N-dealkylation sites (N-methyl/N-ethyl adjacent to an activating group) is 1. The number of carbonyl (C=O) groups is 2. The Kier molecular flexibility index (Phi) is 10.1. The minimum atomic E-state index is -0.882. The number of halogens is 2. The first-order valence-corrected chi connectivity index (χ1v) is 13.3. The highest BCUT2D eigenvalue weighted by Crippen LogP contribution is 2.28. The molecule has 1 amide bonds. The van der Waals surface area contributed by atoms with E-state index in [0.717, 1.165) is 12.8 Å². The van der Waals surface area contributed by atoms with Crippen molar-refractivity contribution in [1.29, 1.82) is 0 Å². The Morgan fingerprint density at radius 2 is 2.08 bits per heavy atom. The number of benzene rings is 1. The molecule has 40 heavy (non-hydrogen) atoms. The number of anilines is 1. The lowest BCUT2D eigenvalue weighted by Crippen LogP contribution is -2.38. The maximum absolute atomic E-state index is 14.5. The lowest BCUT2D eigenvalue weighted by atomic mass is 10.0. The molecule has 212 valence electrons.